The molecule has 3 amide bonds. The van der Waals surface area contributed by atoms with Gasteiger partial charge in [0.2, 0.25) is 5.88 Å². The van der Waals surface area contributed by atoms with Crippen LogP contribution in [0, 0.1) is 12.3 Å². The van der Waals surface area contributed by atoms with Crippen molar-refractivity contribution in [1.82, 2.24) is 24.9 Å². The molecule has 3 aromatic rings. The molecule has 0 aliphatic rings. The summed E-state index contributed by atoms with van der Waals surface area (Å²) in [7, 11) is -4.40. The van der Waals surface area contributed by atoms with Crippen molar-refractivity contribution in [2.75, 3.05) is 19.6 Å². The first-order valence-electron chi connectivity index (χ1n) is 18.6. The Kier molecular flexibility index (Phi) is 18.8. The Morgan fingerprint density at radius 1 is 0.741 bits per heavy atom. The summed E-state index contributed by atoms with van der Waals surface area (Å²) in [4.78, 5) is 75.5. The lowest BCUT2D eigenvalue weighted by atomic mass is 10.2. The van der Waals surface area contributed by atoms with Crippen LogP contribution in [0.15, 0.2) is 70.6 Å². The van der Waals surface area contributed by atoms with Crippen molar-refractivity contribution in [2.45, 2.75) is 103 Å². The molecule has 2 aromatic heterocycles. The molecule has 17 heteroatoms. The first-order chi connectivity index (χ1) is 27.1. The molecule has 1 aromatic carbocycles. The molecule has 0 atom stereocenters. The number of carbonyl (C=O) groups is 5. The van der Waals surface area contributed by atoms with Gasteiger partial charge in [-0.2, -0.15) is 0 Å². The van der Waals surface area contributed by atoms with Gasteiger partial charge in [0.05, 0.1) is 16.0 Å². The second-order valence-electron chi connectivity index (χ2n) is 14.8. The number of carbonyl (C=O) groups excluding carboxylic acids is 5. The zero-order valence-electron chi connectivity index (χ0n) is 33.8. The lowest BCUT2D eigenvalue weighted by Crippen LogP contribution is -2.31. The number of terminal acetylenes is 1. The Bertz CT molecular complexity index is 2090. The van der Waals surface area contributed by atoms with Crippen molar-refractivity contribution in [3.8, 4) is 18.2 Å². The number of rotatable bonds is 17. The summed E-state index contributed by atoms with van der Waals surface area (Å²) in [5.41, 5.74) is -1.47. The number of aromatic hydroxyl groups is 1. The van der Waals surface area contributed by atoms with Crippen molar-refractivity contribution < 1.29 is 47.0 Å². The van der Waals surface area contributed by atoms with Crippen molar-refractivity contribution in [2.24, 2.45) is 0 Å². The Balaban J connectivity index is 0.000000467. The summed E-state index contributed by atoms with van der Waals surface area (Å²) in [5, 5.41) is 17.0. The van der Waals surface area contributed by atoms with Gasteiger partial charge in [-0.15, -0.1) is 12.3 Å². The minimum Gasteiger partial charge on any atom is -0.493 e. The molecule has 0 aliphatic heterocycles. The number of hydrogen-bond acceptors (Lipinski definition) is 12. The first kappa shape index (κ1) is 48.1. The average molecular weight is 824 g/mol. The summed E-state index contributed by atoms with van der Waals surface area (Å²) in [6.45, 7) is 11.8. The van der Waals surface area contributed by atoms with Gasteiger partial charge in [-0.25, -0.2) is 17.4 Å². The summed E-state index contributed by atoms with van der Waals surface area (Å²) >= 11 is 0. The number of nitrogens with zero attached hydrogens (tertiary/aromatic N) is 2. The summed E-state index contributed by atoms with van der Waals surface area (Å²) < 4.78 is 37.2. The minimum absolute atomic E-state index is 0.0431. The normalized spacial score (nSPS) is 11.2. The highest BCUT2D eigenvalue weighted by Gasteiger charge is 2.22. The number of amides is 3. The molecule has 4 N–H and O–H groups in total. The molecule has 0 saturated heterocycles. The van der Waals surface area contributed by atoms with Crippen LogP contribution in [0.2, 0.25) is 0 Å². The predicted molar refractivity (Wildman–Crippen MR) is 215 cm³/mol. The third-order valence-electron chi connectivity index (χ3n) is 7.39. The maximum Gasteiger partial charge on any atom is 0.306 e. The van der Waals surface area contributed by atoms with Gasteiger partial charge in [-0.3, -0.25) is 28.8 Å². The molecule has 2 heterocycles. The highest BCUT2D eigenvalue weighted by Crippen LogP contribution is 2.16. The highest BCUT2D eigenvalue weighted by atomic mass is 32.2. The van der Waals surface area contributed by atoms with Crippen molar-refractivity contribution in [3.05, 3.63) is 88.0 Å². The monoisotopic (exact) mass is 823 g/mol. The van der Waals surface area contributed by atoms with E-state index in [9.17, 15) is 37.2 Å². The van der Waals surface area contributed by atoms with E-state index in [1.807, 2.05) is 20.8 Å². The molecular formula is C41H53N5O11S. The third kappa shape index (κ3) is 17.8. The van der Waals surface area contributed by atoms with Crippen LogP contribution >= 0.6 is 0 Å². The fraction of sp³-hybridized carbons (Fsp3) is 0.439. The highest BCUT2D eigenvalue weighted by molar-refractivity contribution is 7.90. The van der Waals surface area contributed by atoms with Crippen molar-refractivity contribution in [3.63, 3.8) is 0 Å². The Morgan fingerprint density at radius 2 is 1.26 bits per heavy atom. The second-order valence-corrected chi connectivity index (χ2v) is 16.6. The molecular weight excluding hydrogens is 771 g/mol. The smallest absolute Gasteiger partial charge is 0.306 e. The molecule has 16 nitrogen and oxygen atoms in total. The van der Waals surface area contributed by atoms with Crippen molar-refractivity contribution in [1.29, 1.82) is 0 Å². The summed E-state index contributed by atoms with van der Waals surface area (Å²) in [6.07, 6.45) is 10.6. The number of esters is 2. The van der Waals surface area contributed by atoms with Crippen LogP contribution < -0.4 is 21.5 Å². The van der Waals surface area contributed by atoms with Crippen LogP contribution in [0.25, 0.3) is 0 Å². The fourth-order valence-corrected chi connectivity index (χ4v) is 6.06. The van der Waals surface area contributed by atoms with E-state index in [2.05, 4.69) is 26.9 Å². The molecule has 58 heavy (non-hydrogen) atoms. The van der Waals surface area contributed by atoms with Crippen LogP contribution in [0.3, 0.4) is 0 Å². The van der Waals surface area contributed by atoms with Gasteiger partial charge in [0.1, 0.15) is 11.2 Å². The molecule has 0 bridgehead atoms. The Hall–Kier alpha value is -6.02. The van der Waals surface area contributed by atoms with Crippen LogP contribution in [0.1, 0.15) is 118 Å². The van der Waals surface area contributed by atoms with Crippen LogP contribution in [-0.4, -0.2) is 83.0 Å². The lowest BCUT2D eigenvalue weighted by molar-refractivity contribution is -0.156. The quantitative estimate of drug-likeness (QED) is 0.0857. The van der Waals surface area contributed by atoms with Gasteiger partial charge in [-0.05, 0) is 97.6 Å². The van der Waals surface area contributed by atoms with Crippen LogP contribution in [0.5, 0.6) is 5.88 Å². The number of hydrogen-bond donors (Lipinski definition) is 4. The molecule has 0 fully saturated rings. The van der Waals surface area contributed by atoms with E-state index >= 15 is 0 Å². The zero-order chi connectivity index (χ0) is 43.5. The molecule has 0 spiro atoms. The van der Waals surface area contributed by atoms with E-state index in [1.54, 1.807) is 20.8 Å². The Labute approximate surface area is 339 Å². The van der Waals surface area contributed by atoms with E-state index in [0.717, 1.165) is 18.3 Å². The minimum atomic E-state index is -4.40. The van der Waals surface area contributed by atoms with Gasteiger partial charge in [0.25, 0.3) is 33.3 Å². The molecule has 314 valence electrons. The zero-order valence-corrected chi connectivity index (χ0v) is 34.6. The predicted octanol–water partition coefficient (Wildman–Crippen LogP) is 4.11. The topological polar surface area (TPSA) is 229 Å². The molecule has 0 radical (unpaired) electrons. The maximum atomic E-state index is 13.2. The van der Waals surface area contributed by atoms with Crippen LogP contribution in [0.4, 0.5) is 0 Å². The standard InChI is InChI=1S/C26H31N3O7S.C15H22N2O4/c1-5-6-15-27-24(32)19-10-9-11-21(17-19)37(34,35)29-18-20(13-14-22(29)30)25(33)28-16-8-7-12-23(31)36-26(2,3)4;1-15(2,3)21-13(19)6-4-5-9-16-14(20)11-7-8-12(18)17-10-11/h1,9-11,13-14,17-18H,6-8,12,15-16H2,2-4H3,(H,27,32)(H,28,33);7-8,10H,4-6,9H2,1-3H3,(H,16,20)(H,17,18). The lowest BCUT2D eigenvalue weighted by Gasteiger charge is -2.19. The van der Waals surface area contributed by atoms with Gasteiger partial charge >= 0.3 is 11.9 Å². The van der Waals surface area contributed by atoms with Crippen molar-refractivity contribution >= 4 is 39.7 Å². The van der Waals surface area contributed by atoms with E-state index in [4.69, 9.17) is 21.0 Å². The van der Waals surface area contributed by atoms with Gasteiger partial charge in [0, 0.05) is 69.0 Å². The summed E-state index contributed by atoms with van der Waals surface area (Å²) in [5.74, 6) is 0.362. The third-order valence-corrected chi connectivity index (χ3v) is 9.04. The number of unbranched alkanes of at least 4 members (excludes halogenated alkanes) is 2. The number of pyridine rings is 2. The number of benzene rings is 1. The molecule has 0 unspecified atom stereocenters. The fourth-order valence-electron chi connectivity index (χ4n) is 4.75. The van der Waals surface area contributed by atoms with E-state index in [-0.39, 0.29) is 59.3 Å². The number of nitrogens with one attached hydrogen (secondary N) is 3. The molecule has 3 rings (SSSR count). The molecule has 0 aliphatic carbocycles. The SMILES string of the molecule is C#CCCNC(=O)c1cccc(S(=O)(=O)n2cc(C(=O)NCCCCC(=O)OC(C)(C)C)ccc2=O)c1.CC(C)(C)OC(=O)CCCCNC(=O)c1ccc(O)nc1. The number of aromatic nitrogens is 2. The Morgan fingerprint density at radius 3 is 1.78 bits per heavy atom. The van der Waals surface area contributed by atoms with Gasteiger partial charge in [0.15, 0.2) is 0 Å². The van der Waals surface area contributed by atoms with E-state index in [1.165, 1.54) is 42.6 Å². The molecule has 0 saturated carbocycles. The van der Waals surface area contributed by atoms with Crippen LogP contribution in [-0.2, 0) is 29.1 Å². The van der Waals surface area contributed by atoms with E-state index < -0.39 is 38.6 Å². The number of ether oxygens (including phenoxy) is 2. The van der Waals surface area contributed by atoms with Gasteiger partial charge < -0.3 is 30.5 Å². The second kappa shape index (κ2) is 22.7. The summed E-state index contributed by atoms with van der Waals surface area (Å²) in [6, 6.07) is 10.3. The largest absolute Gasteiger partial charge is 0.493 e. The average Bonchev–Trinajstić information content (AvgIpc) is 3.13. The van der Waals surface area contributed by atoms with Gasteiger partial charge in [-0.1, -0.05) is 6.07 Å². The maximum absolute atomic E-state index is 13.2. The first-order valence-corrected chi connectivity index (χ1v) is 20.0. The van der Waals surface area contributed by atoms with E-state index in [0.29, 0.717) is 54.6 Å².